The van der Waals surface area contributed by atoms with Gasteiger partial charge in [0.25, 0.3) is 0 Å². The first kappa shape index (κ1) is 7.31. The van der Waals surface area contributed by atoms with Gasteiger partial charge in [0, 0.05) is 18.0 Å². The van der Waals surface area contributed by atoms with Crippen LogP contribution in [0.2, 0.25) is 0 Å². The maximum Gasteiger partial charge on any atom is 0.0845 e. The molecular weight excluding hydrogens is 126 g/mol. The second kappa shape index (κ2) is 3.39. The summed E-state index contributed by atoms with van der Waals surface area (Å²) in [4.78, 5) is 3.00. The molecule has 0 saturated heterocycles. The fraction of sp³-hybridized carbons (Fsp3) is 0.429. The Hall–Kier alpha value is -0.800. The number of hydrogen-bond acceptors (Lipinski definition) is 2. The summed E-state index contributed by atoms with van der Waals surface area (Å²) in [5.74, 6) is 0. The first-order valence-electron chi connectivity index (χ1n) is 3.35. The van der Waals surface area contributed by atoms with E-state index in [0.717, 1.165) is 0 Å². The quantitative estimate of drug-likeness (QED) is 0.532. The van der Waals surface area contributed by atoms with Gasteiger partial charge in [-0.3, -0.25) is 0 Å². The number of hydrogen-bond donors (Lipinski definition) is 3. The second-order valence-corrected chi connectivity index (χ2v) is 2.15. The van der Waals surface area contributed by atoms with E-state index in [-0.39, 0.29) is 6.17 Å². The molecule has 0 amide bonds. The zero-order valence-electron chi connectivity index (χ0n) is 6.31. The maximum absolute atomic E-state index is 3.12. The summed E-state index contributed by atoms with van der Waals surface area (Å²) in [6.45, 7) is 0. The lowest BCUT2D eigenvalue weighted by atomic mass is 10.3. The van der Waals surface area contributed by atoms with Crippen LogP contribution in [-0.2, 0) is 0 Å². The van der Waals surface area contributed by atoms with E-state index in [1.165, 1.54) is 5.56 Å². The molecule has 0 fully saturated rings. The van der Waals surface area contributed by atoms with Gasteiger partial charge in [0.05, 0.1) is 6.17 Å². The van der Waals surface area contributed by atoms with Crippen molar-refractivity contribution in [2.75, 3.05) is 14.1 Å². The van der Waals surface area contributed by atoms with Gasteiger partial charge in [0.15, 0.2) is 0 Å². The van der Waals surface area contributed by atoms with E-state index >= 15 is 0 Å². The molecule has 56 valence electrons. The average Bonchev–Trinajstić information content (AvgIpc) is 2.43. The fourth-order valence-corrected chi connectivity index (χ4v) is 0.994. The Morgan fingerprint density at radius 1 is 1.40 bits per heavy atom. The van der Waals surface area contributed by atoms with Gasteiger partial charge in [-0.05, 0) is 20.2 Å². The first-order chi connectivity index (χ1) is 4.88. The van der Waals surface area contributed by atoms with Crippen LogP contribution in [0.25, 0.3) is 0 Å². The van der Waals surface area contributed by atoms with E-state index in [0.29, 0.717) is 0 Å². The van der Waals surface area contributed by atoms with Crippen molar-refractivity contribution in [1.82, 2.24) is 15.6 Å². The number of H-pyrrole nitrogens is 1. The molecule has 10 heavy (non-hydrogen) atoms. The minimum atomic E-state index is 0.256. The third-order valence-electron chi connectivity index (χ3n) is 1.53. The molecule has 3 N–H and O–H groups in total. The van der Waals surface area contributed by atoms with Crippen molar-refractivity contribution in [3.63, 3.8) is 0 Å². The highest BCUT2D eigenvalue weighted by Gasteiger charge is 2.03. The molecule has 0 atom stereocenters. The highest BCUT2D eigenvalue weighted by atomic mass is 15.1. The van der Waals surface area contributed by atoms with Gasteiger partial charge in [0.1, 0.15) is 0 Å². The van der Waals surface area contributed by atoms with Crippen LogP contribution in [0, 0.1) is 0 Å². The van der Waals surface area contributed by atoms with Crippen molar-refractivity contribution in [2.24, 2.45) is 0 Å². The van der Waals surface area contributed by atoms with E-state index in [2.05, 4.69) is 15.6 Å². The summed E-state index contributed by atoms with van der Waals surface area (Å²) >= 11 is 0. The average molecular weight is 139 g/mol. The van der Waals surface area contributed by atoms with E-state index in [9.17, 15) is 0 Å². The molecule has 0 radical (unpaired) electrons. The van der Waals surface area contributed by atoms with Gasteiger partial charge >= 0.3 is 0 Å². The van der Waals surface area contributed by atoms with Gasteiger partial charge in [-0.15, -0.1) is 0 Å². The molecule has 0 aliphatic rings. The zero-order valence-corrected chi connectivity index (χ0v) is 6.31. The smallest absolute Gasteiger partial charge is 0.0845 e. The fourth-order valence-electron chi connectivity index (χ4n) is 0.994. The normalized spacial score (nSPS) is 10.7. The van der Waals surface area contributed by atoms with Crippen molar-refractivity contribution in [2.45, 2.75) is 6.17 Å². The zero-order chi connectivity index (χ0) is 7.40. The van der Waals surface area contributed by atoms with Gasteiger partial charge in [-0.2, -0.15) is 0 Å². The van der Waals surface area contributed by atoms with Crippen LogP contribution in [0.3, 0.4) is 0 Å². The molecule has 0 aliphatic carbocycles. The molecule has 0 saturated carbocycles. The van der Waals surface area contributed by atoms with Crippen LogP contribution in [-0.4, -0.2) is 19.1 Å². The molecule has 1 rings (SSSR count). The van der Waals surface area contributed by atoms with Crippen molar-refractivity contribution in [1.29, 1.82) is 0 Å². The Morgan fingerprint density at radius 2 is 2.10 bits per heavy atom. The van der Waals surface area contributed by atoms with E-state index < -0.39 is 0 Å². The van der Waals surface area contributed by atoms with Crippen LogP contribution in [0.15, 0.2) is 18.5 Å². The molecule has 1 heterocycles. The lowest BCUT2D eigenvalue weighted by molar-refractivity contribution is 0.520. The number of aromatic amines is 1. The summed E-state index contributed by atoms with van der Waals surface area (Å²) in [5, 5.41) is 6.25. The summed E-state index contributed by atoms with van der Waals surface area (Å²) in [7, 11) is 3.85. The van der Waals surface area contributed by atoms with E-state index in [1.54, 1.807) is 0 Å². The molecule has 1 aromatic heterocycles. The lowest BCUT2D eigenvalue weighted by Gasteiger charge is -2.12. The van der Waals surface area contributed by atoms with Crippen LogP contribution >= 0.6 is 0 Å². The maximum atomic E-state index is 3.12. The predicted octanol–water partition coefficient (Wildman–Crippen LogP) is 0.452. The second-order valence-electron chi connectivity index (χ2n) is 2.15. The Balaban J connectivity index is 2.64. The molecule has 3 heteroatoms. The molecular formula is C7H13N3. The molecule has 0 aromatic carbocycles. The Morgan fingerprint density at radius 3 is 2.50 bits per heavy atom. The highest BCUT2D eigenvalue weighted by Crippen LogP contribution is 2.05. The molecule has 0 spiro atoms. The standard InChI is InChI=1S/C7H13N3/c1-8-7(9-2)6-3-4-10-5-6/h3-5,7-10H,1-2H3. The summed E-state index contributed by atoms with van der Waals surface area (Å²) in [5.41, 5.74) is 1.23. The molecule has 1 aromatic rings. The Labute approximate surface area is 60.8 Å². The van der Waals surface area contributed by atoms with E-state index in [1.807, 2.05) is 32.6 Å². The van der Waals surface area contributed by atoms with E-state index in [4.69, 9.17) is 0 Å². The lowest BCUT2D eigenvalue weighted by Crippen LogP contribution is -2.28. The molecule has 0 unspecified atom stereocenters. The Bertz CT molecular complexity index is 165. The van der Waals surface area contributed by atoms with Crippen molar-refractivity contribution < 1.29 is 0 Å². The number of aromatic nitrogens is 1. The molecule has 0 aliphatic heterocycles. The van der Waals surface area contributed by atoms with Gasteiger partial charge in [-0.1, -0.05) is 0 Å². The van der Waals surface area contributed by atoms with Crippen LogP contribution in [0.4, 0.5) is 0 Å². The monoisotopic (exact) mass is 139 g/mol. The number of nitrogens with one attached hydrogen (secondary N) is 3. The van der Waals surface area contributed by atoms with Gasteiger partial charge in [0.2, 0.25) is 0 Å². The third-order valence-corrected chi connectivity index (χ3v) is 1.53. The molecule has 3 nitrogen and oxygen atoms in total. The minimum absolute atomic E-state index is 0.256. The Kier molecular flexibility index (Phi) is 2.48. The highest BCUT2D eigenvalue weighted by molar-refractivity contribution is 5.12. The largest absolute Gasteiger partial charge is 0.367 e. The SMILES string of the molecule is CNC(NC)c1cc[nH]c1. The van der Waals surface area contributed by atoms with Crippen LogP contribution in [0.1, 0.15) is 11.7 Å². The van der Waals surface area contributed by atoms with Crippen LogP contribution < -0.4 is 10.6 Å². The number of rotatable bonds is 3. The van der Waals surface area contributed by atoms with Crippen molar-refractivity contribution in [3.8, 4) is 0 Å². The minimum Gasteiger partial charge on any atom is -0.367 e. The van der Waals surface area contributed by atoms with Crippen molar-refractivity contribution >= 4 is 0 Å². The van der Waals surface area contributed by atoms with Crippen LogP contribution in [0.5, 0.6) is 0 Å². The predicted molar refractivity (Wildman–Crippen MR) is 41.7 cm³/mol. The summed E-state index contributed by atoms with van der Waals surface area (Å²) in [6, 6.07) is 2.04. The summed E-state index contributed by atoms with van der Waals surface area (Å²) in [6.07, 6.45) is 4.14. The van der Waals surface area contributed by atoms with Gasteiger partial charge < -0.3 is 15.6 Å². The summed E-state index contributed by atoms with van der Waals surface area (Å²) < 4.78 is 0. The van der Waals surface area contributed by atoms with Crippen molar-refractivity contribution in [3.05, 3.63) is 24.0 Å². The topological polar surface area (TPSA) is 39.8 Å². The molecule has 0 bridgehead atoms. The third kappa shape index (κ3) is 1.37. The van der Waals surface area contributed by atoms with Gasteiger partial charge in [-0.25, -0.2) is 0 Å². The first-order valence-corrected chi connectivity index (χ1v) is 3.35.